The van der Waals surface area contributed by atoms with Crippen molar-refractivity contribution in [3.8, 4) is 23.1 Å². The minimum Gasteiger partial charge on any atom is -0.493 e. The molecule has 2 heterocycles. The molecule has 4 rings (SSSR count). The Morgan fingerprint density at radius 3 is 2.93 bits per heavy atom. The largest absolute Gasteiger partial charge is 0.493 e. The smallest absolute Gasteiger partial charge is 0.150 e. The second-order valence-corrected chi connectivity index (χ2v) is 7.98. The Morgan fingerprint density at radius 2 is 2.14 bits per heavy atom. The van der Waals surface area contributed by atoms with Crippen molar-refractivity contribution in [2.75, 3.05) is 18.5 Å². The summed E-state index contributed by atoms with van der Waals surface area (Å²) in [6.45, 7) is 1.35. The van der Waals surface area contributed by atoms with Crippen LogP contribution in [-0.4, -0.2) is 28.3 Å². The van der Waals surface area contributed by atoms with Crippen LogP contribution in [-0.2, 0) is 4.74 Å². The average Bonchev–Trinajstić information content (AvgIpc) is 3.25. The van der Waals surface area contributed by atoms with Crippen molar-refractivity contribution >= 4 is 26.7 Å². The summed E-state index contributed by atoms with van der Waals surface area (Å²) in [5, 5.41) is 17.5. The normalized spacial score (nSPS) is 16.6. The third-order valence-corrected chi connectivity index (χ3v) is 5.83. The van der Waals surface area contributed by atoms with Crippen LogP contribution >= 0.6 is 15.9 Å². The zero-order valence-corrected chi connectivity index (χ0v) is 17.9. The van der Waals surface area contributed by atoms with E-state index in [1.165, 1.54) is 0 Å². The Hall–Kier alpha value is -2.36. The summed E-state index contributed by atoms with van der Waals surface area (Å²) in [5.41, 5.74) is 2.29. The fourth-order valence-electron chi connectivity index (χ4n) is 3.84. The lowest BCUT2D eigenvalue weighted by Gasteiger charge is -2.25. The van der Waals surface area contributed by atoms with Crippen molar-refractivity contribution in [2.24, 2.45) is 0 Å². The number of aromatic nitrogens is 2. The highest BCUT2D eigenvalue weighted by molar-refractivity contribution is 9.09. The van der Waals surface area contributed by atoms with E-state index in [0.29, 0.717) is 12.2 Å². The lowest BCUT2D eigenvalue weighted by Crippen LogP contribution is -2.20. The Labute approximate surface area is 179 Å². The zero-order valence-electron chi connectivity index (χ0n) is 16.3. The molecule has 1 unspecified atom stereocenters. The van der Waals surface area contributed by atoms with Gasteiger partial charge in [0.05, 0.1) is 23.4 Å². The number of nitriles is 1. The molecule has 0 spiro atoms. The molecule has 0 saturated carbocycles. The number of alkyl halides is 1. The maximum absolute atomic E-state index is 10.1. The highest BCUT2D eigenvalue weighted by Gasteiger charge is 2.24. The van der Waals surface area contributed by atoms with Gasteiger partial charge in [-0.05, 0) is 49.6 Å². The van der Waals surface area contributed by atoms with E-state index in [2.05, 4.69) is 27.1 Å². The number of unbranched alkanes of at least 4 members (excludes halogenated alkanes) is 1. The second-order valence-electron chi connectivity index (χ2n) is 7.18. The minimum absolute atomic E-state index is 0.104. The highest BCUT2D eigenvalue weighted by Crippen LogP contribution is 2.40. The number of hydrogen-bond donors (Lipinski definition) is 0. The minimum atomic E-state index is -0.104. The van der Waals surface area contributed by atoms with Crippen molar-refractivity contribution in [1.29, 1.82) is 5.26 Å². The van der Waals surface area contributed by atoms with Crippen LogP contribution in [0.5, 0.6) is 5.75 Å². The van der Waals surface area contributed by atoms with E-state index in [9.17, 15) is 5.26 Å². The number of rotatable bonds is 7. The van der Waals surface area contributed by atoms with Crippen LogP contribution < -0.4 is 4.74 Å². The van der Waals surface area contributed by atoms with Crippen molar-refractivity contribution in [1.82, 2.24) is 9.78 Å². The Morgan fingerprint density at radius 1 is 1.24 bits per heavy atom. The van der Waals surface area contributed by atoms with Gasteiger partial charge in [-0.25, -0.2) is 4.68 Å². The first-order valence-electron chi connectivity index (χ1n) is 10.1. The van der Waals surface area contributed by atoms with Crippen LogP contribution in [0, 0.1) is 11.3 Å². The highest BCUT2D eigenvalue weighted by atomic mass is 79.9. The quantitative estimate of drug-likeness (QED) is 0.333. The maximum Gasteiger partial charge on any atom is 0.150 e. The van der Waals surface area contributed by atoms with Crippen molar-refractivity contribution in [2.45, 2.75) is 38.3 Å². The summed E-state index contributed by atoms with van der Waals surface area (Å²) in [5.74, 6) is 0.729. The summed E-state index contributed by atoms with van der Waals surface area (Å²) in [4.78, 5) is 0. The molecule has 1 aromatic heterocycles. The summed E-state index contributed by atoms with van der Waals surface area (Å²) in [6.07, 6.45) is 6.78. The first-order chi connectivity index (χ1) is 14.3. The van der Waals surface area contributed by atoms with E-state index in [0.717, 1.165) is 71.8 Å². The molecule has 1 aliphatic rings. The first-order valence-corrected chi connectivity index (χ1v) is 11.3. The first kappa shape index (κ1) is 19.9. The van der Waals surface area contributed by atoms with Gasteiger partial charge < -0.3 is 9.47 Å². The van der Waals surface area contributed by atoms with Gasteiger partial charge in [-0.2, -0.15) is 10.4 Å². The van der Waals surface area contributed by atoms with E-state index in [1.807, 2.05) is 41.1 Å². The molecule has 150 valence electrons. The number of benzene rings is 2. The molecule has 29 heavy (non-hydrogen) atoms. The van der Waals surface area contributed by atoms with Gasteiger partial charge in [-0.1, -0.05) is 40.2 Å². The third kappa shape index (κ3) is 4.17. The van der Waals surface area contributed by atoms with E-state index < -0.39 is 0 Å². The van der Waals surface area contributed by atoms with Crippen LogP contribution in [0.4, 0.5) is 0 Å². The summed E-state index contributed by atoms with van der Waals surface area (Å²) in [7, 11) is 0. The van der Waals surface area contributed by atoms with Crippen LogP contribution in [0.2, 0.25) is 0 Å². The molecule has 2 aromatic carbocycles. The zero-order chi connectivity index (χ0) is 20.1. The predicted molar refractivity (Wildman–Crippen MR) is 117 cm³/mol. The molecule has 6 heteroatoms. The SMILES string of the molecule is N#Cc1c(-c2ccnn2C2CCCCO2)c(OCCCCBr)cc2ccccc12. The van der Waals surface area contributed by atoms with E-state index in [1.54, 1.807) is 6.20 Å². The topological polar surface area (TPSA) is 60.1 Å². The molecular weight excluding hydrogens is 430 g/mol. The van der Waals surface area contributed by atoms with Gasteiger partial charge in [-0.15, -0.1) is 0 Å². The van der Waals surface area contributed by atoms with E-state index in [-0.39, 0.29) is 6.23 Å². The van der Waals surface area contributed by atoms with Gasteiger partial charge in [0, 0.05) is 23.5 Å². The van der Waals surface area contributed by atoms with Gasteiger partial charge in [0.2, 0.25) is 0 Å². The van der Waals surface area contributed by atoms with Crippen LogP contribution in [0.1, 0.15) is 43.9 Å². The molecule has 1 saturated heterocycles. The predicted octanol–water partition coefficient (Wildman–Crippen LogP) is 5.83. The fraction of sp³-hybridized carbons (Fsp3) is 0.391. The maximum atomic E-state index is 10.1. The molecule has 0 aliphatic carbocycles. The lowest BCUT2D eigenvalue weighted by atomic mass is 9.96. The van der Waals surface area contributed by atoms with E-state index >= 15 is 0 Å². The molecule has 1 aliphatic heterocycles. The van der Waals surface area contributed by atoms with Gasteiger partial charge in [0.25, 0.3) is 0 Å². The molecule has 0 amide bonds. The summed E-state index contributed by atoms with van der Waals surface area (Å²) in [6, 6.07) is 14.4. The number of nitrogens with zero attached hydrogens (tertiary/aromatic N) is 3. The Balaban J connectivity index is 1.84. The van der Waals surface area contributed by atoms with Gasteiger partial charge in [-0.3, -0.25) is 0 Å². The summed E-state index contributed by atoms with van der Waals surface area (Å²) >= 11 is 3.47. The van der Waals surface area contributed by atoms with Crippen LogP contribution in [0.3, 0.4) is 0 Å². The lowest BCUT2D eigenvalue weighted by molar-refractivity contribution is -0.0383. The van der Waals surface area contributed by atoms with Gasteiger partial charge in [0.15, 0.2) is 6.23 Å². The Kier molecular flexibility index (Phi) is 6.48. The molecule has 0 radical (unpaired) electrons. The number of ether oxygens (including phenoxy) is 2. The average molecular weight is 454 g/mol. The monoisotopic (exact) mass is 453 g/mol. The number of halogens is 1. The second kappa shape index (κ2) is 9.43. The fourth-order valence-corrected chi connectivity index (χ4v) is 4.24. The van der Waals surface area contributed by atoms with Gasteiger partial charge in [0.1, 0.15) is 11.8 Å². The van der Waals surface area contributed by atoms with Gasteiger partial charge >= 0.3 is 0 Å². The number of fused-ring (bicyclic) bond motifs is 1. The molecule has 1 atom stereocenters. The number of hydrogen-bond acceptors (Lipinski definition) is 4. The van der Waals surface area contributed by atoms with E-state index in [4.69, 9.17) is 9.47 Å². The van der Waals surface area contributed by atoms with Crippen molar-refractivity contribution < 1.29 is 9.47 Å². The third-order valence-electron chi connectivity index (χ3n) is 5.27. The van der Waals surface area contributed by atoms with Crippen molar-refractivity contribution in [3.05, 3.63) is 48.2 Å². The summed E-state index contributed by atoms with van der Waals surface area (Å²) < 4.78 is 14.1. The molecule has 0 N–H and O–H groups in total. The Bertz CT molecular complexity index is 1020. The van der Waals surface area contributed by atoms with Crippen LogP contribution in [0.15, 0.2) is 42.6 Å². The standard InChI is InChI=1S/C23H24BrN3O2/c24-11-4-6-13-28-21-15-17-7-1-2-8-18(17)19(16-25)23(21)20-10-12-26-27(20)22-9-3-5-14-29-22/h1-2,7-8,10,12,15,22H,3-6,9,11,13-14H2. The molecular formula is C23H24BrN3O2. The van der Waals surface area contributed by atoms with Crippen molar-refractivity contribution in [3.63, 3.8) is 0 Å². The van der Waals surface area contributed by atoms with Crippen LogP contribution in [0.25, 0.3) is 22.0 Å². The molecule has 3 aromatic rings. The molecule has 1 fully saturated rings. The molecule has 0 bridgehead atoms. The molecule has 5 nitrogen and oxygen atoms in total.